The van der Waals surface area contributed by atoms with Gasteiger partial charge in [-0.25, -0.2) is 4.39 Å². The van der Waals surface area contributed by atoms with Crippen LogP contribution in [0.3, 0.4) is 0 Å². The van der Waals surface area contributed by atoms with Crippen molar-refractivity contribution < 1.29 is 19.0 Å². The summed E-state index contributed by atoms with van der Waals surface area (Å²) in [4.78, 5) is 11.5. The zero-order valence-electron chi connectivity index (χ0n) is 10.9. The van der Waals surface area contributed by atoms with Crippen LogP contribution in [0.2, 0.25) is 5.02 Å². The molecule has 2 N–H and O–H groups in total. The number of amides is 1. The number of aliphatic hydroxyl groups excluding tert-OH is 1. The van der Waals surface area contributed by atoms with Crippen LogP contribution in [-0.2, 0) is 9.53 Å². The molecule has 0 aliphatic rings. The zero-order chi connectivity index (χ0) is 14.8. The van der Waals surface area contributed by atoms with E-state index in [9.17, 15) is 9.18 Å². The van der Waals surface area contributed by atoms with Gasteiger partial charge in [0.05, 0.1) is 18.2 Å². The van der Waals surface area contributed by atoms with E-state index >= 15 is 0 Å². The minimum atomic E-state index is -0.473. The van der Waals surface area contributed by atoms with Crippen molar-refractivity contribution in [3.8, 4) is 0 Å². The molecule has 1 aromatic rings. The summed E-state index contributed by atoms with van der Waals surface area (Å²) in [5, 5.41) is 11.4. The summed E-state index contributed by atoms with van der Waals surface area (Å²) in [7, 11) is 0. The van der Waals surface area contributed by atoms with Gasteiger partial charge in [-0.05, 0) is 24.6 Å². The number of nitrogens with one attached hydrogen (secondary N) is 1. The van der Waals surface area contributed by atoms with Crippen molar-refractivity contribution >= 4 is 23.6 Å². The number of rotatable bonds is 8. The van der Waals surface area contributed by atoms with E-state index in [0.29, 0.717) is 26.2 Å². The highest BCUT2D eigenvalue weighted by atomic mass is 35.5. The maximum absolute atomic E-state index is 13.4. The SMILES string of the molecule is O=C(/C=C/c1c(F)cccc1Cl)NCCCOCCO. The van der Waals surface area contributed by atoms with Crippen LogP contribution in [0.25, 0.3) is 6.08 Å². The lowest BCUT2D eigenvalue weighted by Gasteiger charge is -2.03. The van der Waals surface area contributed by atoms with E-state index in [1.165, 1.54) is 24.3 Å². The number of benzene rings is 1. The van der Waals surface area contributed by atoms with Crippen LogP contribution in [0.1, 0.15) is 12.0 Å². The maximum Gasteiger partial charge on any atom is 0.244 e. The molecule has 4 nitrogen and oxygen atoms in total. The number of hydrogen-bond acceptors (Lipinski definition) is 3. The lowest BCUT2D eigenvalue weighted by Crippen LogP contribution is -2.23. The normalized spacial score (nSPS) is 10.9. The number of ether oxygens (including phenoxy) is 1. The van der Waals surface area contributed by atoms with Crippen molar-refractivity contribution in [3.63, 3.8) is 0 Å². The molecule has 0 atom stereocenters. The molecule has 0 unspecified atom stereocenters. The molecule has 0 saturated heterocycles. The second-order valence-electron chi connectivity index (χ2n) is 3.95. The fourth-order valence-electron chi connectivity index (χ4n) is 1.44. The Morgan fingerprint density at radius 3 is 2.95 bits per heavy atom. The Morgan fingerprint density at radius 1 is 1.45 bits per heavy atom. The summed E-state index contributed by atoms with van der Waals surface area (Å²) in [5.74, 6) is -0.801. The number of carbonyl (C=O) groups is 1. The van der Waals surface area contributed by atoms with Crippen molar-refractivity contribution in [2.75, 3.05) is 26.4 Å². The molecule has 1 aromatic carbocycles. The van der Waals surface area contributed by atoms with Gasteiger partial charge in [0.25, 0.3) is 0 Å². The fraction of sp³-hybridized carbons (Fsp3) is 0.357. The van der Waals surface area contributed by atoms with Gasteiger partial charge in [0, 0.05) is 24.8 Å². The lowest BCUT2D eigenvalue weighted by atomic mass is 10.2. The van der Waals surface area contributed by atoms with E-state index < -0.39 is 5.82 Å². The van der Waals surface area contributed by atoms with Crippen LogP contribution in [0.15, 0.2) is 24.3 Å². The Kier molecular flexibility index (Phi) is 7.87. The van der Waals surface area contributed by atoms with Crippen LogP contribution in [-0.4, -0.2) is 37.4 Å². The molecule has 6 heteroatoms. The van der Waals surface area contributed by atoms with Gasteiger partial charge in [-0.2, -0.15) is 0 Å². The number of hydrogen-bond donors (Lipinski definition) is 2. The average molecular weight is 302 g/mol. The van der Waals surface area contributed by atoms with Crippen molar-refractivity contribution in [1.82, 2.24) is 5.32 Å². The third-order valence-electron chi connectivity index (χ3n) is 2.40. The molecule has 1 amide bonds. The minimum absolute atomic E-state index is 0.0154. The standard InChI is InChI=1S/C14H17ClFNO3/c15-12-3-1-4-13(16)11(12)5-6-14(19)17-7-2-9-20-10-8-18/h1,3-6,18H,2,7-10H2,(H,17,19)/b6-5+. The molecule has 0 aromatic heterocycles. The Balaban J connectivity index is 2.33. The average Bonchev–Trinajstić information content (AvgIpc) is 2.42. The van der Waals surface area contributed by atoms with Gasteiger partial charge >= 0.3 is 0 Å². The van der Waals surface area contributed by atoms with Crippen LogP contribution in [0.5, 0.6) is 0 Å². The molecule has 0 aliphatic carbocycles. The van der Waals surface area contributed by atoms with Crippen LogP contribution in [0.4, 0.5) is 4.39 Å². The number of carbonyl (C=O) groups excluding carboxylic acids is 1. The molecule has 0 spiro atoms. The summed E-state index contributed by atoms with van der Waals surface area (Å²) in [6, 6.07) is 4.34. The molecule has 0 radical (unpaired) electrons. The van der Waals surface area contributed by atoms with Crippen molar-refractivity contribution in [2.24, 2.45) is 0 Å². The van der Waals surface area contributed by atoms with Crippen LogP contribution in [0, 0.1) is 5.82 Å². The fourth-order valence-corrected chi connectivity index (χ4v) is 1.67. The van der Waals surface area contributed by atoms with E-state index in [2.05, 4.69) is 5.32 Å². The van der Waals surface area contributed by atoms with Gasteiger partial charge in [-0.3, -0.25) is 4.79 Å². The first kappa shape index (κ1) is 16.6. The summed E-state index contributed by atoms with van der Waals surface area (Å²) in [5.41, 5.74) is 0.190. The molecule has 0 fully saturated rings. The predicted octanol–water partition coefficient (Wildman–Crippen LogP) is 2.01. The molecule has 0 heterocycles. The molecular weight excluding hydrogens is 285 g/mol. The van der Waals surface area contributed by atoms with Crippen molar-refractivity contribution in [3.05, 3.63) is 40.7 Å². The third-order valence-corrected chi connectivity index (χ3v) is 2.73. The Morgan fingerprint density at radius 2 is 2.25 bits per heavy atom. The van der Waals surface area contributed by atoms with E-state index in [0.717, 1.165) is 0 Å². The minimum Gasteiger partial charge on any atom is -0.394 e. The first-order valence-corrected chi connectivity index (χ1v) is 6.61. The first-order valence-electron chi connectivity index (χ1n) is 6.23. The largest absolute Gasteiger partial charge is 0.394 e. The van der Waals surface area contributed by atoms with Gasteiger partial charge in [-0.1, -0.05) is 17.7 Å². The second kappa shape index (κ2) is 9.47. The van der Waals surface area contributed by atoms with Gasteiger partial charge in [0.1, 0.15) is 5.82 Å². The highest BCUT2D eigenvalue weighted by Gasteiger charge is 2.03. The van der Waals surface area contributed by atoms with Crippen LogP contribution >= 0.6 is 11.6 Å². The Labute approximate surface area is 122 Å². The number of aliphatic hydroxyl groups is 1. The van der Waals surface area contributed by atoms with Gasteiger partial charge in [-0.15, -0.1) is 0 Å². The van der Waals surface area contributed by atoms with Gasteiger partial charge < -0.3 is 15.2 Å². The zero-order valence-corrected chi connectivity index (χ0v) is 11.7. The molecule has 1 rings (SSSR count). The van der Waals surface area contributed by atoms with Gasteiger partial charge in [0.2, 0.25) is 5.91 Å². The molecule has 0 saturated carbocycles. The quantitative estimate of drug-likeness (QED) is 0.570. The van der Waals surface area contributed by atoms with E-state index in [1.807, 2.05) is 0 Å². The first-order chi connectivity index (χ1) is 9.65. The topological polar surface area (TPSA) is 58.6 Å². The molecular formula is C14H17ClFNO3. The highest BCUT2D eigenvalue weighted by Crippen LogP contribution is 2.20. The smallest absolute Gasteiger partial charge is 0.244 e. The summed E-state index contributed by atoms with van der Waals surface area (Å²) in [6.45, 7) is 1.18. The highest BCUT2D eigenvalue weighted by molar-refractivity contribution is 6.32. The monoisotopic (exact) mass is 301 g/mol. The third kappa shape index (κ3) is 6.14. The second-order valence-corrected chi connectivity index (χ2v) is 4.36. The van der Waals surface area contributed by atoms with Crippen LogP contribution < -0.4 is 5.32 Å². The summed E-state index contributed by atoms with van der Waals surface area (Å²) >= 11 is 5.83. The Hall–Kier alpha value is -1.43. The molecule has 0 aliphatic heterocycles. The van der Waals surface area contributed by atoms with E-state index in [4.69, 9.17) is 21.4 Å². The van der Waals surface area contributed by atoms with Gasteiger partial charge in [0.15, 0.2) is 0 Å². The van der Waals surface area contributed by atoms with E-state index in [-0.39, 0.29) is 23.1 Å². The molecule has 110 valence electrons. The molecule has 20 heavy (non-hydrogen) atoms. The summed E-state index contributed by atoms with van der Waals surface area (Å²) < 4.78 is 18.5. The number of halogens is 2. The molecule has 0 bridgehead atoms. The van der Waals surface area contributed by atoms with Crippen molar-refractivity contribution in [2.45, 2.75) is 6.42 Å². The lowest BCUT2D eigenvalue weighted by molar-refractivity contribution is -0.116. The van der Waals surface area contributed by atoms with Crippen molar-refractivity contribution in [1.29, 1.82) is 0 Å². The Bertz CT molecular complexity index is 445. The maximum atomic E-state index is 13.4. The van der Waals surface area contributed by atoms with E-state index in [1.54, 1.807) is 6.07 Å². The summed E-state index contributed by atoms with van der Waals surface area (Å²) in [6.07, 6.45) is 3.22. The predicted molar refractivity (Wildman–Crippen MR) is 76.0 cm³/mol.